The molecular weight excluding hydrogens is 900 g/mol. The van der Waals surface area contributed by atoms with Crippen LogP contribution >= 0.6 is 0 Å². The maximum atomic E-state index is 12.3. The fraction of sp³-hybridized carbons (Fsp3) is 0.0588. The third kappa shape index (κ3) is 9.38. The van der Waals surface area contributed by atoms with Gasteiger partial charge in [-0.2, -0.15) is 33.7 Å². The van der Waals surface area contributed by atoms with Crippen LogP contribution in [-0.4, -0.2) is 76.3 Å². The molecule has 0 saturated heterocycles. The van der Waals surface area contributed by atoms with Crippen LogP contribution in [0.2, 0.25) is 0 Å². The molecule has 6 aromatic rings. The van der Waals surface area contributed by atoms with Crippen molar-refractivity contribution in [1.82, 2.24) is 0 Å². The second-order valence-electron chi connectivity index (χ2n) is 12.4. The van der Waals surface area contributed by atoms with Gasteiger partial charge in [0.15, 0.2) is 11.5 Å². The van der Waals surface area contributed by atoms with E-state index in [1.54, 1.807) is 0 Å². The fourth-order valence-corrected chi connectivity index (χ4v) is 8.37. The largest absolute Gasteiger partial charge is 1.00 e. The Balaban J connectivity index is 0.00000704. The molecule has 0 aromatic heterocycles. The zero-order chi connectivity index (χ0) is 44.3. The van der Waals surface area contributed by atoms with Gasteiger partial charge < -0.3 is 31.2 Å². The number of nitrogens with two attached hydrogens (primary N) is 2. The van der Waals surface area contributed by atoms with Gasteiger partial charge in [-0.05, 0) is 82.6 Å². The average molecular weight is 928 g/mol. The summed E-state index contributed by atoms with van der Waals surface area (Å²) in [6.45, 7) is 0. The molecular formula is C34H28N6NaO16S4+. The van der Waals surface area contributed by atoms with Gasteiger partial charge in [0, 0.05) is 22.1 Å². The number of azo groups is 2. The number of hydrogen-bond donors (Lipinski definition) is 8. The maximum absolute atomic E-state index is 12.3. The first-order valence-corrected chi connectivity index (χ1v) is 21.9. The van der Waals surface area contributed by atoms with E-state index >= 15 is 0 Å². The summed E-state index contributed by atoms with van der Waals surface area (Å²) >= 11 is 0. The first-order valence-electron chi connectivity index (χ1n) is 16.1. The molecule has 0 amide bonds. The van der Waals surface area contributed by atoms with Gasteiger partial charge in [-0.1, -0.05) is 12.1 Å². The summed E-state index contributed by atoms with van der Waals surface area (Å²) < 4.78 is 146. The van der Waals surface area contributed by atoms with Gasteiger partial charge in [-0.15, -0.1) is 20.5 Å². The van der Waals surface area contributed by atoms with Crippen molar-refractivity contribution in [2.45, 2.75) is 19.6 Å². The normalized spacial score (nSPS) is 12.6. The molecule has 27 heteroatoms. The van der Waals surface area contributed by atoms with Crippen LogP contribution in [0.4, 0.5) is 34.1 Å². The maximum Gasteiger partial charge on any atom is 1.00 e. The Bertz CT molecular complexity index is 3130. The van der Waals surface area contributed by atoms with Crippen molar-refractivity contribution in [3.63, 3.8) is 0 Å². The number of phenols is 2. The minimum Gasteiger partial charge on any atom is -0.505 e. The molecule has 6 rings (SSSR count). The van der Waals surface area contributed by atoms with E-state index in [0.29, 0.717) is 11.1 Å². The molecule has 0 atom stereocenters. The molecule has 0 spiro atoms. The van der Waals surface area contributed by atoms with Gasteiger partial charge >= 0.3 is 29.6 Å². The van der Waals surface area contributed by atoms with Crippen molar-refractivity contribution >= 4 is 96.1 Å². The van der Waals surface area contributed by atoms with E-state index in [2.05, 4.69) is 20.5 Å². The van der Waals surface area contributed by atoms with Gasteiger partial charge in [-0.25, -0.2) is 0 Å². The summed E-state index contributed by atoms with van der Waals surface area (Å²) in [5.41, 5.74) is 10.4. The number of ether oxygens (including phenoxy) is 2. The van der Waals surface area contributed by atoms with E-state index in [0.717, 1.165) is 36.4 Å². The topological polar surface area (TPSA) is 378 Å². The van der Waals surface area contributed by atoms with Crippen molar-refractivity contribution < 1.29 is 101 Å². The number of nitrogen functional groups attached to an aromatic ring is 2. The Morgan fingerprint density at radius 1 is 0.492 bits per heavy atom. The molecule has 10 N–H and O–H groups in total. The van der Waals surface area contributed by atoms with E-state index in [9.17, 15) is 62.1 Å². The van der Waals surface area contributed by atoms with Crippen molar-refractivity contribution in [1.29, 1.82) is 0 Å². The number of fused-ring (bicyclic) bond motifs is 2. The van der Waals surface area contributed by atoms with Gasteiger partial charge in [0.05, 0.1) is 24.0 Å². The van der Waals surface area contributed by atoms with Crippen LogP contribution in [-0.2, 0) is 40.5 Å². The third-order valence-electron chi connectivity index (χ3n) is 8.67. The van der Waals surface area contributed by atoms with Crippen LogP contribution in [0.1, 0.15) is 0 Å². The molecule has 314 valence electrons. The van der Waals surface area contributed by atoms with E-state index < -0.39 is 82.9 Å². The number of rotatable bonds is 11. The Labute approximate surface area is 367 Å². The van der Waals surface area contributed by atoms with E-state index in [1.165, 1.54) is 50.6 Å². The van der Waals surface area contributed by atoms with Crippen LogP contribution in [0.3, 0.4) is 0 Å². The van der Waals surface area contributed by atoms with Crippen LogP contribution in [0.15, 0.2) is 113 Å². The first-order chi connectivity index (χ1) is 27.8. The van der Waals surface area contributed by atoms with Gasteiger partial charge in [-0.3, -0.25) is 18.2 Å². The number of anilines is 2. The van der Waals surface area contributed by atoms with Gasteiger partial charge in [0.2, 0.25) is 0 Å². The predicted molar refractivity (Wildman–Crippen MR) is 213 cm³/mol. The predicted octanol–water partition coefficient (Wildman–Crippen LogP) is 3.07. The number of hydrogen-bond acceptors (Lipinski definition) is 18. The average Bonchev–Trinajstić information content (AvgIpc) is 3.14. The van der Waals surface area contributed by atoms with E-state index in [-0.39, 0.29) is 85.4 Å². The minimum atomic E-state index is -5.13. The Morgan fingerprint density at radius 2 is 0.836 bits per heavy atom. The molecule has 61 heavy (non-hydrogen) atoms. The fourth-order valence-electron chi connectivity index (χ4n) is 5.95. The summed E-state index contributed by atoms with van der Waals surface area (Å²) in [6.07, 6.45) is 0. The zero-order valence-electron chi connectivity index (χ0n) is 31.3. The van der Waals surface area contributed by atoms with Crippen molar-refractivity contribution in [3.05, 3.63) is 72.8 Å². The summed E-state index contributed by atoms with van der Waals surface area (Å²) in [5.74, 6) is -1.69. The molecule has 6 aromatic carbocycles. The molecule has 22 nitrogen and oxygen atoms in total. The summed E-state index contributed by atoms with van der Waals surface area (Å²) in [4.78, 5) is -3.39. The van der Waals surface area contributed by atoms with Gasteiger partial charge in [0.1, 0.15) is 44.0 Å². The molecule has 0 saturated carbocycles. The quantitative estimate of drug-likeness (QED) is 0.0400. The molecule has 0 aliphatic heterocycles. The molecule has 0 bridgehead atoms. The second kappa shape index (κ2) is 16.7. The van der Waals surface area contributed by atoms with Gasteiger partial charge in [0.25, 0.3) is 40.5 Å². The molecule has 0 unspecified atom stereocenters. The first kappa shape index (κ1) is 46.5. The number of aromatic hydroxyl groups is 2. The van der Waals surface area contributed by atoms with Crippen LogP contribution in [0.5, 0.6) is 23.0 Å². The molecule has 0 fully saturated rings. The van der Waals surface area contributed by atoms with Crippen LogP contribution in [0, 0.1) is 0 Å². The summed E-state index contributed by atoms with van der Waals surface area (Å²) in [6, 6.07) is 13.6. The Morgan fingerprint density at radius 3 is 1.13 bits per heavy atom. The van der Waals surface area contributed by atoms with Crippen LogP contribution in [0.25, 0.3) is 32.7 Å². The van der Waals surface area contributed by atoms with E-state index in [1.807, 2.05) is 0 Å². The molecule has 0 aliphatic carbocycles. The standard InChI is InChI=1S/C34H28N6O16S4.Na/c1-55-25-9-15(3-5-23(25)37-39-31-27(59(49,50)51)11-17-7-19(57(43,44)45)13-21(35)29(17)33(31)41)16-4-6-24(26(10-16)56-2)38-40-32-28(60(52,53)54)12-18-8-20(58(46,47)48)14-22(36)30(18)34(32)42;/h3-14,41-42H,35-36H2,1-2H3,(H,43,44,45)(H,46,47,48)(H,49,50,51)(H,52,53,54);/q;+1. The van der Waals surface area contributed by atoms with E-state index in [4.69, 9.17) is 20.9 Å². The zero-order valence-corrected chi connectivity index (χ0v) is 36.5. The number of nitrogens with zero attached hydrogens (tertiary/aromatic N) is 4. The Kier molecular flexibility index (Phi) is 12.8. The molecule has 0 radical (unpaired) electrons. The molecule has 0 aliphatic rings. The smallest absolute Gasteiger partial charge is 0.505 e. The Hall–Kier alpha value is -5.52. The SMILES string of the molecule is COc1cc(-c2ccc(N=Nc3c(S(=O)(=O)O)cc4cc(S(=O)(=O)O)cc(N)c4c3O)c(OC)c2)ccc1N=Nc1c(S(=O)(=O)O)cc2cc(S(=O)(=O)O)cc(N)c2c1O.[Na+]. The molecule has 0 heterocycles. The summed E-state index contributed by atoms with van der Waals surface area (Å²) in [7, 11) is -17.3. The van der Waals surface area contributed by atoms with Crippen molar-refractivity contribution in [2.24, 2.45) is 20.5 Å². The van der Waals surface area contributed by atoms with Crippen molar-refractivity contribution in [2.75, 3.05) is 25.7 Å². The number of benzene rings is 6. The summed E-state index contributed by atoms with van der Waals surface area (Å²) in [5, 5.41) is 36.6. The number of methoxy groups -OCH3 is 2. The minimum absolute atomic E-state index is 0. The third-order valence-corrected chi connectivity index (χ3v) is 12.1. The van der Waals surface area contributed by atoms with Crippen LogP contribution < -0.4 is 50.5 Å². The number of phenolic OH excluding ortho intramolecular Hbond substituents is 2. The van der Waals surface area contributed by atoms with Crippen molar-refractivity contribution in [3.8, 4) is 34.1 Å². The monoisotopic (exact) mass is 927 g/mol. The second-order valence-corrected chi connectivity index (χ2v) is 18.1.